The average molecular weight is 252 g/mol. The largest absolute Gasteiger partial charge is 0.494 e. The molecule has 5 heteroatoms. The summed E-state index contributed by atoms with van der Waals surface area (Å²) in [4.78, 5) is 11.8. The maximum Gasteiger partial charge on any atom is 0.246 e. The van der Waals surface area contributed by atoms with Gasteiger partial charge in [0.15, 0.2) is 11.6 Å². The van der Waals surface area contributed by atoms with Crippen LogP contribution in [0.15, 0.2) is 12.1 Å². The normalized spacial score (nSPS) is 17.7. The number of amides is 1. The standard InChI is InChI=1S/C13H17FN2O2/c1-3-4-5-9-13(17)16-10-6-8(14)12(18-2)7-11(10)15-9/h6-7,9,15H,3-5H2,1-2H3,(H,16,17). The van der Waals surface area contributed by atoms with Crippen LogP contribution in [0.5, 0.6) is 5.75 Å². The zero-order valence-corrected chi connectivity index (χ0v) is 10.5. The molecule has 1 aromatic carbocycles. The Kier molecular flexibility index (Phi) is 3.69. The molecule has 4 nitrogen and oxygen atoms in total. The van der Waals surface area contributed by atoms with Crippen molar-refractivity contribution in [3.8, 4) is 5.75 Å². The fraction of sp³-hybridized carbons (Fsp3) is 0.462. The third-order valence-electron chi connectivity index (χ3n) is 3.04. The summed E-state index contributed by atoms with van der Waals surface area (Å²) in [6.45, 7) is 2.08. The summed E-state index contributed by atoms with van der Waals surface area (Å²) in [7, 11) is 1.42. The predicted octanol–water partition coefficient (Wildman–Crippen LogP) is 2.76. The van der Waals surface area contributed by atoms with Gasteiger partial charge in [0.2, 0.25) is 5.91 Å². The number of nitrogens with one attached hydrogen (secondary N) is 2. The Balaban J connectivity index is 2.23. The highest BCUT2D eigenvalue weighted by Gasteiger charge is 2.26. The van der Waals surface area contributed by atoms with Crippen molar-refractivity contribution in [2.24, 2.45) is 0 Å². The van der Waals surface area contributed by atoms with Crippen LogP contribution < -0.4 is 15.4 Å². The molecule has 0 aliphatic carbocycles. The lowest BCUT2D eigenvalue weighted by molar-refractivity contribution is -0.117. The minimum absolute atomic E-state index is 0.111. The van der Waals surface area contributed by atoms with E-state index in [4.69, 9.17) is 4.74 Å². The van der Waals surface area contributed by atoms with Crippen LogP contribution in [0.25, 0.3) is 0 Å². The van der Waals surface area contributed by atoms with E-state index < -0.39 is 5.82 Å². The molecule has 0 fully saturated rings. The smallest absolute Gasteiger partial charge is 0.246 e. The number of fused-ring (bicyclic) bond motifs is 1. The van der Waals surface area contributed by atoms with Gasteiger partial charge in [-0.05, 0) is 6.42 Å². The van der Waals surface area contributed by atoms with Crippen LogP contribution >= 0.6 is 0 Å². The predicted molar refractivity (Wildman–Crippen MR) is 68.5 cm³/mol. The van der Waals surface area contributed by atoms with Crippen LogP contribution in [-0.2, 0) is 4.79 Å². The van der Waals surface area contributed by atoms with Gasteiger partial charge in [-0.3, -0.25) is 4.79 Å². The molecule has 98 valence electrons. The summed E-state index contributed by atoms with van der Waals surface area (Å²) in [6, 6.07) is 2.59. The van der Waals surface area contributed by atoms with Gasteiger partial charge >= 0.3 is 0 Å². The Morgan fingerprint density at radius 1 is 1.39 bits per heavy atom. The molecular weight excluding hydrogens is 235 g/mol. The van der Waals surface area contributed by atoms with E-state index in [0.717, 1.165) is 19.3 Å². The van der Waals surface area contributed by atoms with Gasteiger partial charge in [0.1, 0.15) is 6.04 Å². The van der Waals surface area contributed by atoms with E-state index in [1.807, 2.05) is 0 Å². The molecule has 0 bridgehead atoms. The molecule has 0 saturated heterocycles. The first kappa shape index (κ1) is 12.7. The van der Waals surface area contributed by atoms with Gasteiger partial charge in [0.05, 0.1) is 18.5 Å². The second-order valence-corrected chi connectivity index (χ2v) is 4.36. The zero-order valence-electron chi connectivity index (χ0n) is 10.5. The molecule has 0 saturated carbocycles. The highest BCUT2D eigenvalue weighted by atomic mass is 19.1. The summed E-state index contributed by atoms with van der Waals surface area (Å²) in [6.07, 6.45) is 2.77. The number of hydrogen-bond acceptors (Lipinski definition) is 3. The second-order valence-electron chi connectivity index (χ2n) is 4.36. The van der Waals surface area contributed by atoms with E-state index >= 15 is 0 Å². The maximum absolute atomic E-state index is 13.5. The number of anilines is 2. The lowest BCUT2D eigenvalue weighted by Gasteiger charge is -2.27. The third kappa shape index (κ3) is 2.39. The summed E-state index contributed by atoms with van der Waals surface area (Å²) < 4.78 is 18.4. The second kappa shape index (κ2) is 5.25. The SMILES string of the molecule is CCCCC1Nc2cc(OC)c(F)cc2NC1=O. The number of methoxy groups -OCH3 is 1. The van der Waals surface area contributed by atoms with Crippen molar-refractivity contribution >= 4 is 17.3 Å². The number of ether oxygens (including phenoxy) is 1. The van der Waals surface area contributed by atoms with Crippen LogP contribution in [0.2, 0.25) is 0 Å². The molecule has 0 spiro atoms. The van der Waals surface area contributed by atoms with Crippen LogP contribution in [-0.4, -0.2) is 19.1 Å². The summed E-state index contributed by atoms with van der Waals surface area (Å²) in [5.41, 5.74) is 1.17. The van der Waals surface area contributed by atoms with E-state index in [2.05, 4.69) is 17.6 Å². The van der Waals surface area contributed by atoms with Crippen molar-refractivity contribution in [3.63, 3.8) is 0 Å². The van der Waals surface area contributed by atoms with Crippen molar-refractivity contribution in [3.05, 3.63) is 17.9 Å². The van der Waals surface area contributed by atoms with Gasteiger partial charge in [0, 0.05) is 12.1 Å². The summed E-state index contributed by atoms with van der Waals surface area (Å²) in [5, 5.41) is 5.84. The van der Waals surface area contributed by atoms with Crippen molar-refractivity contribution in [1.82, 2.24) is 0 Å². The zero-order chi connectivity index (χ0) is 13.1. The highest BCUT2D eigenvalue weighted by molar-refractivity contribution is 6.03. The third-order valence-corrected chi connectivity index (χ3v) is 3.04. The number of benzene rings is 1. The number of carbonyl (C=O) groups is 1. The average Bonchev–Trinajstić information content (AvgIpc) is 2.36. The molecule has 1 heterocycles. The lowest BCUT2D eigenvalue weighted by atomic mass is 10.1. The van der Waals surface area contributed by atoms with Crippen LogP contribution in [0.3, 0.4) is 0 Å². The maximum atomic E-state index is 13.5. The van der Waals surface area contributed by atoms with Gasteiger partial charge in [-0.1, -0.05) is 19.8 Å². The number of hydrogen-bond donors (Lipinski definition) is 2. The van der Waals surface area contributed by atoms with E-state index in [1.54, 1.807) is 6.07 Å². The van der Waals surface area contributed by atoms with Gasteiger partial charge in [0.25, 0.3) is 0 Å². The van der Waals surface area contributed by atoms with Crippen LogP contribution in [0.1, 0.15) is 26.2 Å². The molecule has 1 atom stereocenters. The molecule has 0 aromatic heterocycles. The van der Waals surface area contributed by atoms with Gasteiger partial charge in [-0.25, -0.2) is 4.39 Å². The van der Waals surface area contributed by atoms with E-state index in [0.29, 0.717) is 11.4 Å². The van der Waals surface area contributed by atoms with Crippen molar-refractivity contribution in [2.45, 2.75) is 32.2 Å². The topological polar surface area (TPSA) is 50.4 Å². The number of rotatable bonds is 4. The first-order chi connectivity index (χ1) is 8.65. The van der Waals surface area contributed by atoms with Crippen molar-refractivity contribution < 1.29 is 13.9 Å². The Bertz CT molecular complexity index is 463. The van der Waals surface area contributed by atoms with Crippen molar-refractivity contribution in [1.29, 1.82) is 0 Å². The van der Waals surface area contributed by atoms with Crippen LogP contribution in [0.4, 0.5) is 15.8 Å². The Hall–Kier alpha value is -1.78. The first-order valence-corrected chi connectivity index (χ1v) is 6.10. The molecular formula is C13H17FN2O2. The molecule has 1 aliphatic rings. The van der Waals surface area contributed by atoms with Gasteiger partial charge < -0.3 is 15.4 Å². The molecule has 18 heavy (non-hydrogen) atoms. The molecule has 2 N–H and O–H groups in total. The van der Waals surface area contributed by atoms with E-state index in [9.17, 15) is 9.18 Å². The van der Waals surface area contributed by atoms with Crippen LogP contribution in [0, 0.1) is 5.82 Å². The lowest BCUT2D eigenvalue weighted by Crippen LogP contribution is -2.38. The van der Waals surface area contributed by atoms with E-state index in [1.165, 1.54) is 13.2 Å². The summed E-state index contributed by atoms with van der Waals surface area (Å²) in [5.74, 6) is -0.419. The molecule has 0 radical (unpaired) electrons. The number of halogens is 1. The van der Waals surface area contributed by atoms with Crippen molar-refractivity contribution in [2.75, 3.05) is 17.7 Å². The Morgan fingerprint density at radius 3 is 2.83 bits per heavy atom. The summed E-state index contributed by atoms with van der Waals surface area (Å²) >= 11 is 0. The fourth-order valence-electron chi connectivity index (χ4n) is 2.02. The molecule has 1 aromatic rings. The monoisotopic (exact) mass is 252 g/mol. The number of carbonyl (C=O) groups excluding carboxylic acids is 1. The Morgan fingerprint density at radius 2 is 2.17 bits per heavy atom. The minimum atomic E-state index is -0.481. The first-order valence-electron chi connectivity index (χ1n) is 6.10. The van der Waals surface area contributed by atoms with Gasteiger partial charge in [-0.15, -0.1) is 0 Å². The molecule has 1 aliphatic heterocycles. The highest BCUT2D eigenvalue weighted by Crippen LogP contribution is 2.33. The molecule has 2 rings (SSSR count). The number of unbranched alkanes of at least 4 members (excludes halogenated alkanes) is 1. The minimum Gasteiger partial charge on any atom is -0.494 e. The molecule has 1 amide bonds. The fourth-order valence-corrected chi connectivity index (χ4v) is 2.02. The van der Waals surface area contributed by atoms with E-state index in [-0.39, 0.29) is 17.7 Å². The quantitative estimate of drug-likeness (QED) is 0.866. The van der Waals surface area contributed by atoms with Gasteiger partial charge in [-0.2, -0.15) is 0 Å². The molecule has 1 unspecified atom stereocenters. The Labute approximate surface area is 106 Å².